The van der Waals surface area contributed by atoms with Crippen LogP contribution in [-0.2, 0) is 47.7 Å². The number of Topliss-reactive ketones (excluding diaryl/α,β-unsaturated/α-hetero) is 1. The van der Waals surface area contributed by atoms with Gasteiger partial charge in [-0.1, -0.05) is 82.1 Å². The lowest BCUT2D eigenvalue weighted by Crippen LogP contribution is -2.82. The van der Waals surface area contributed by atoms with Crippen LogP contribution < -0.4 is 5.32 Å². The van der Waals surface area contributed by atoms with Crippen LogP contribution in [-0.4, -0.2) is 105 Å². The summed E-state index contributed by atoms with van der Waals surface area (Å²) < 4.78 is 30.3. The lowest BCUT2D eigenvalue weighted by molar-refractivity contribution is -0.346. The molecule has 2 bridgehead atoms. The van der Waals surface area contributed by atoms with E-state index in [2.05, 4.69) is 5.32 Å². The molecule has 1 heterocycles. The van der Waals surface area contributed by atoms with Gasteiger partial charge in [-0.15, -0.1) is 0 Å². The van der Waals surface area contributed by atoms with Gasteiger partial charge < -0.3 is 44.3 Å². The summed E-state index contributed by atoms with van der Waals surface area (Å²) in [5, 5.41) is 40.2. The summed E-state index contributed by atoms with van der Waals surface area (Å²) in [5.41, 5.74) is -7.12. The average Bonchev–Trinajstić information content (AvgIpc) is 3.21. The maximum absolute atomic E-state index is 15.5. The van der Waals surface area contributed by atoms with Crippen molar-refractivity contribution in [3.63, 3.8) is 0 Å². The maximum atomic E-state index is 15.5. The number of aliphatic hydroxyl groups is 3. The summed E-state index contributed by atoms with van der Waals surface area (Å²) in [6.45, 7) is 10.0. The zero-order valence-corrected chi connectivity index (χ0v) is 35.7. The Balaban J connectivity index is 1.52. The van der Waals surface area contributed by atoms with Gasteiger partial charge in [0.15, 0.2) is 23.6 Å². The van der Waals surface area contributed by atoms with E-state index in [0.717, 1.165) is 26.7 Å². The van der Waals surface area contributed by atoms with Crippen LogP contribution in [0.2, 0.25) is 0 Å². The molecule has 4 aliphatic rings. The molecule has 6 rings (SSSR count). The van der Waals surface area contributed by atoms with Crippen molar-refractivity contribution in [3.05, 3.63) is 82.9 Å². The molecule has 1 amide bonds. The first-order chi connectivity index (χ1) is 28.7. The first-order valence-corrected chi connectivity index (χ1v) is 20.9. The van der Waals surface area contributed by atoms with E-state index >= 15 is 4.79 Å². The van der Waals surface area contributed by atoms with Crippen molar-refractivity contribution in [1.82, 2.24) is 5.32 Å². The van der Waals surface area contributed by atoms with E-state index in [1.807, 2.05) is 6.92 Å². The second kappa shape index (κ2) is 17.4. The van der Waals surface area contributed by atoms with Crippen molar-refractivity contribution in [1.29, 1.82) is 0 Å². The molecule has 330 valence electrons. The molecule has 0 radical (unpaired) electrons. The molecule has 61 heavy (non-hydrogen) atoms. The molecule has 0 unspecified atom stereocenters. The van der Waals surface area contributed by atoms with Gasteiger partial charge in [0, 0.05) is 38.5 Å². The standard InChI is InChI=1S/C46H57NO14/c1-8-9-12-21-33(51)47-35(28-17-13-10-14-18-28)36(52)42(55)59-30-23-46(56)40(60-41(54)29-19-15-11-16-20-29)38-44(7,31(50)22-32-45(38,24-57-32)61-27(4)49)39(53)37(58-26(3)48)34(25(30)2)43(46,5)6/h10-11,13-20,30-32,35-38,40,50,52,56H,8-9,12,21-24H2,1-7H3,(H,47,51)/t30-,31+,32+,35-,36+,37+,38-,40-,44+,45-,46+/m0/s1. The normalized spacial score (nSPS) is 32.3. The minimum absolute atomic E-state index is 0.0127. The second-order valence-electron chi connectivity index (χ2n) is 17.5. The summed E-state index contributed by atoms with van der Waals surface area (Å²) in [6.07, 6.45) is -7.92. The maximum Gasteiger partial charge on any atom is 0.338 e. The highest BCUT2D eigenvalue weighted by atomic mass is 16.6. The fraction of sp³-hybridized carbons (Fsp3) is 0.565. The van der Waals surface area contributed by atoms with E-state index in [1.54, 1.807) is 62.4 Å². The van der Waals surface area contributed by atoms with Crippen molar-refractivity contribution in [2.75, 3.05) is 6.61 Å². The predicted octanol–water partition coefficient (Wildman–Crippen LogP) is 4.00. The number of hydrogen-bond donors (Lipinski definition) is 4. The first-order valence-electron chi connectivity index (χ1n) is 20.9. The van der Waals surface area contributed by atoms with Crippen LogP contribution in [0.3, 0.4) is 0 Å². The van der Waals surface area contributed by atoms with Crippen LogP contribution in [0.4, 0.5) is 0 Å². The lowest BCUT2D eigenvalue weighted by Gasteiger charge is -2.67. The summed E-state index contributed by atoms with van der Waals surface area (Å²) in [7, 11) is 0. The molecule has 0 spiro atoms. The number of benzene rings is 2. The Morgan fingerprint density at radius 1 is 0.918 bits per heavy atom. The Kier molecular flexibility index (Phi) is 13.0. The number of carbonyl (C=O) groups excluding carboxylic acids is 6. The van der Waals surface area contributed by atoms with E-state index in [4.69, 9.17) is 23.7 Å². The number of nitrogens with one attached hydrogen (secondary N) is 1. The number of amides is 1. The predicted molar refractivity (Wildman–Crippen MR) is 216 cm³/mol. The van der Waals surface area contributed by atoms with Gasteiger partial charge >= 0.3 is 23.9 Å². The number of fused-ring (bicyclic) bond motifs is 5. The molecule has 15 heteroatoms. The molecular weight excluding hydrogens is 790 g/mol. The van der Waals surface area contributed by atoms with Gasteiger partial charge in [0.05, 0.1) is 35.6 Å². The van der Waals surface area contributed by atoms with Crippen LogP contribution >= 0.6 is 0 Å². The molecule has 2 saturated carbocycles. The van der Waals surface area contributed by atoms with Gasteiger partial charge in [-0.05, 0) is 49.1 Å². The molecule has 1 aliphatic heterocycles. The minimum Gasteiger partial charge on any atom is -0.456 e. The van der Waals surface area contributed by atoms with Crippen LogP contribution in [0, 0.1) is 16.7 Å². The molecular formula is C46H57NO14. The quantitative estimate of drug-likeness (QED) is 0.0969. The highest BCUT2D eigenvalue weighted by Crippen LogP contribution is 2.64. The number of unbranched alkanes of at least 4 members (excludes halogenated alkanes) is 2. The molecule has 2 aromatic rings. The van der Waals surface area contributed by atoms with Gasteiger partial charge in [0.2, 0.25) is 5.91 Å². The van der Waals surface area contributed by atoms with Crippen LogP contribution in [0.25, 0.3) is 0 Å². The van der Waals surface area contributed by atoms with Crippen LogP contribution in [0.15, 0.2) is 71.8 Å². The van der Waals surface area contributed by atoms with Gasteiger partial charge in [-0.2, -0.15) is 0 Å². The number of ether oxygens (including phenoxy) is 5. The fourth-order valence-corrected chi connectivity index (χ4v) is 10.1. The second-order valence-corrected chi connectivity index (χ2v) is 17.5. The van der Waals surface area contributed by atoms with Crippen LogP contribution in [0.5, 0.6) is 0 Å². The first kappa shape index (κ1) is 45.6. The van der Waals surface area contributed by atoms with Crippen molar-refractivity contribution in [2.24, 2.45) is 16.7 Å². The molecule has 2 aromatic carbocycles. The molecule has 15 nitrogen and oxygen atoms in total. The highest BCUT2D eigenvalue weighted by molar-refractivity contribution is 5.95. The summed E-state index contributed by atoms with van der Waals surface area (Å²) in [6, 6.07) is 15.0. The number of carbonyl (C=O) groups is 6. The number of aliphatic hydroxyl groups excluding tert-OH is 2. The SMILES string of the molecule is CCCCCC(=O)N[C@@H](c1ccccc1)[C@@H](O)C(=O)O[C@H]1C[C@@]2(O)[C@@H](OC(=O)c3ccccc3)[C@@H]3[C@]4(OC(C)=O)CO[C@@H]4C[C@@H](O)[C@@]3(C)C(=O)[C@H](OC(C)=O)C(=C1C)C2(C)C. The van der Waals surface area contributed by atoms with Crippen molar-refractivity contribution >= 4 is 35.6 Å². The third-order valence-electron chi connectivity index (χ3n) is 13.5. The smallest absolute Gasteiger partial charge is 0.338 e. The molecule has 4 N–H and O–H groups in total. The number of esters is 4. The number of ketones is 1. The topological polar surface area (TPSA) is 221 Å². The minimum atomic E-state index is -2.37. The molecule has 11 atom stereocenters. The largest absolute Gasteiger partial charge is 0.456 e. The Bertz CT molecular complexity index is 2050. The van der Waals surface area contributed by atoms with Crippen molar-refractivity contribution in [3.8, 4) is 0 Å². The molecule has 1 saturated heterocycles. The van der Waals surface area contributed by atoms with Gasteiger partial charge in [-0.25, -0.2) is 9.59 Å². The summed E-state index contributed by atoms with van der Waals surface area (Å²) >= 11 is 0. The van der Waals surface area contributed by atoms with E-state index in [9.17, 15) is 39.3 Å². The van der Waals surface area contributed by atoms with E-state index < -0.39 is 113 Å². The third kappa shape index (κ3) is 8.01. The van der Waals surface area contributed by atoms with E-state index in [0.29, 0.717) is 12.0 Å². The average molecular weight is 848 g/mol. The number of hydrogen-bond acceptors (Lipinski definition) is 14. The summed E-state index contributed by atoms with van der Waals surface area (Å²) in [4.78, 5) is 83.0. The Hall–Kier alpha value is -4.96. The van der Waals surface area contributed by atoms with Crippen LogP contribution in [0.1, 0.15) is 109 Å². The fourth-order valence-electron chi connectivity index (χ4n) is 10.1. The number of rotatable bonds is 13. The molecule has 3 fully saturated rings. The van der Waals surface area contributed by atoms with E-state index in [1.165, 1.54) is 26.0 Å². The Morgan fingerprint density at radius 3 is 2.13 bits per heavy atom. The Labute approximate surface area is 355 Å². The Morgan fingerprint density at radius 2 is 1.56 bits per heavy atom. The van der Waals surface area contributed by atoms with E-state index in [-0.39, 0.29) is 36.2 Å². The van der Waals surface area contributed by atoms with Gasteiger partial charge in [0.1, 0.15) is 23.9 Å². The van der Waals surface area contributed by atoms with Gasteiger partial charge in [0.25, 0.3) is 0 Å². The molecule has 0 aromatic heterocycles. The molecule has 3 aliphatic carbocycles. The lowest BCUT2D eigenvalue weighted by atomic mass is 9.44. The highest BCUT2D eigenvalue weighted by Gasteiger charge is 2.78. The third-order valence-corrected chi connectivity index (χ3v) is 13.5. The summed E-state index contributed by atoms with van der Waals surface area (Å²) in [5.74, 6) is -6.55. The van der Waals surface area contributed by atoms with Crippen molar-refractivity contribution < 1.29 is 67.8 Å². The zero-order valence-electron chi connectivity index (χ0n) is 35.7. The van der Waals surface area contributed by atoms with Gasteiger partial charge in [-0.3, -0.25) is 19.2 Å². The monoisotopic (exact) mass is 847 g/mol. The van der Waals surface area contributed by atoms with Crippen molar-refractivity contribution in [2.45, 2.75) is 141 Å². The zero-order chi connectivity index (χ0) is 44.7.